The second-order valence-electron chi connectivity index (χ2n) is 4.12. The molecular formula is C10H16N4O. The summed E-state index contributed by atoms with van der Waals surface area (Å²) < 4.78 is 1.46. The normalized spacial score (nSPS) is 26.2. The Morgan fingerprint density at radius 1 is 1.60 bits per heavy atom. The van der Waals surface area contributed by atoms with Gasteiger partial charge in [-0.15, -0.1) is 0 Å². The topological polar surface area (TPSA) is 58.9 Å². The summed E-state index contributed by atoms with van der Waals surface area (Å²) in [7, 11) is 0. The number of imidazole rings is 1. The summed E-state index contributed by atoms with van der Waals surface area (Å²) in [5, 5.41) is 6.27. The average Bonchev–Trinajstić information content (AvgIpc) is 2.70. The summed E-state index contributed by atoms with van der Waals surface area (Å²) in [4.78, 5) is 15.5. The first-order valence-electron chi connectivity index (χ1n) is 5.25. The maximum absolute atomic E-state index is 11.7. The van der Waals surface area contributed by atoms with Crippen molar-refractivity contribution in [3.63, 3.8) is 0 Å². The van der Waals surface area contributed by atoms with Gasteiger partial charge in [0.2, 0.25) is 0 Å². The number of aromatic nitrogens is 2. The molecule has 1 aliphatic heterocycles. The molecule has 1 saturated heterocycles. The van der Waals surface area contributed by atoms with Crippen LogP contribution in [0.1, 0.15) is 13.3 Å². The summed E-state index contributed by atoms with van der Waals surface area (Å²) in [6.45, 7) is 4.07. The van der Waals surface area contributed by atoms with Crippen LogP contribution in [-0.2, 0) is 0 Å². The van der Waals surface area contributed by atoms with Crippen LogP contribution in [0.4, 0.5) is 4.79 Å². The van der Waals surface area contributed by atoms with Crippen LogP contribution in [0, 0.1) is 5.92 Å². The van der Waals surface area contributed by atoms with Crippen LogP contribution in [0.5, 0.6) is 0 Å². The van der Waals surface area contributed by atoms with Gasteiger partial charge in [0.15, 0.2) is 0 Å². The largest absolute Gasteiger partial charge is 0.333 e. The molecule has 15 heavy (non-hydrogen) atoms. The summed E-state index contributed by atoms with van der Waals surface area (Å²) in [5.41, 5.74) is 0. The predicted molar refractivity (Wildman–Crippen MR) is 56.6 cm³/mol. The first-order chi connectivity index (χ1) is 7.25. The molecule has 82 valence electrons. The highest BCUT2D eigenvalue weighted by atomic mass is 16.2. The minimum atomic E-state index is -0.103. The zero-order chi connectivity index (χ0) is 10.7. The molecule has 0 spiro atoms. The third-order valence-corrected chi connectivity index (χ3v) is 2.64. The molecular weight excluding hydrogens is 192 g/mol. The van der Waals surface area contributed by atoms with Crippen molar-refractivity contribution in [3.8, 4) is 0 Å². The van der Waals surface area contributed by atoms with E-state index in [0.29, 0.717) is 5.92 Å². The first-order valence-corrected chi connectivity index (χ1v) is 5.25. The highest BCUT2D eigenvalue weighted by Crippen LogP contribution is 2.09. The first kappa shape index (κ1) is 10.2. The zero-order valence-electron chi connectivity index (χ0n) is 8.81. The van der Waals surface area contributed by atoms with E-state index in [1.54, 1.807) is 12.4 Å². The minimum Gasteiger partial charge on any atom is -0.333 e. The van der Waals surface area contributed by atoms with Crippen LogP contribution in [0.2, 0.25) is 0 Å². The van der Waals surface area contributed by atoms with Crippen LogP contribution in [0.3, 0.4) is 0 Å². The highest BCUT2D eigenvalue weighted by molar-refractivity contribution is 5.76. The monoisotopic (exact) mass is 208 g/mol. The van der Waals surface area contributed by atoms with Gasteiger partial charge >= 0.3 is 6.03 Å². The summed E-state index contributed by atoms with van der Waals surface area (Å²) in [6.07, 6.45) is 5.79. The van der Waals surface area contributed by atoms with E-state index in [9.17, 15) is 4.79 Å². The number of hydrogen-bond acceptors (Lipinski definition) is 3. The Morgan fingerprint density at radius 2 is 2.47 bits per heavy atom. The smallest absolute Gasteiger partial charge is 0.327 e. The van der Waals surface area contributed by atoms with Gasteiger partial charge in [0.1, 0.15) is 6.33 Å². The van der Waals surface area contributed by atoms with E-state index in [1.165, 1.54) is 10.9 Å². The fraction of sp³-hybridized carbons (Fsp3) is 0.600. The molecule has 2 atom stereocenters. The number of carbonyl (C=O) groups is 1. The lowest BCUT2D eigenvalue weighted by molar-refractivity contribution is 0.231. The summed E-state index contributed by atoms with van der Waals surface area (Å²) in [5.74, 6) is 0.617. The molecule has 5 heteroatoms. The molecule has 2 N–H and O–H groups in total. The van der Waals surface area contributed by atoms with Gasteiger partial charge in [0.25, 0.3) is 0 Å². The van der Waals surface area contributed by atoms with E-state index in [0.717, 1.165) is 19.5 Å². The van der Waals surface area contributed by atoms with Gasteiger partial charge in [-0.3, -0.25) is 4.57 Å². The van der Waals surface area contributed by atoms with Crippen molar-refractivity contribution in [1.29, 1.82) is 0 Å². The third-order valence-electron chi connectivity index (χ3n) is 2.64. The van der Waals surface area contributed by atoms with Crippen molar-refractivity contribution in [1.82, 2.24) is 20.2 Å². The predicted octanol–water partition coefficient (Wildman–Crippen LogP) is 0.439. The van der Waals surface area contributed by atoms with E-state index < -0.39 is 0 Å². The molecule has 2 unspecified atom stereocenters. The Labute approximate surface area is 88.9 Å². The molecule has 0 bridgehead atoms. The fourth-order valence-electron chi connectivity index (χ4n) is 1.89. The molecule has 2 heterocycles. The van der Waals surface area contributed by atoms with Gasteiger partial charge in [-0.25, -0.2) is 9.78 Å². The average molecular weight is 208 g/mol. The van der Waals surface area contributed by atoms with Crippen molar-refractivity contribution in [2.24, 2.45) is 5.92 Å². The molecule has 1 aromatic heterocycles. The highest BCUT2D eigenvalue weighted by Gasteiger charge is 2.20. The van der Waals surface area contributed by atoms with E-state index in [1.807, 2.05) is 0 Å². The quantitative estimate of drug-likeness (QED) is 0.704. The van der Waals surface area contributed by atoms with Crippen molar-refractivity contribution in [2.75, 3.05) is 13.1 Å². The number of nitrogens with zero attached hydrogens (tertiary/aromatic N) is 2. The van der Waals surface area contributed by atoms with E-state index >= 15 is 0 Å². The van der Waals surface area contributed by atoms with Crippen LogP contribution in [0.25, 0.3) is 0 Å². The molecule has 0 saturated carbocycles. The number of nitrogens with one attached hydrogen (secondary N) is 2. The van der Waals surface area contributed by atoms with Crippen molar-refractivity contribution in [2.45, 2.75) is 19.4 Å². The van der Waals surface area contributed by atoms with Gasteiger partial charge in [-0.05, 0) is 18.9 Å². The molecule has 5 nitrogen and oxygen atoms in total. The molecule has 1 amide bonds. The number of carbonyl (C=O) groups excluding carboxylic acids is 1. The molecule has 2 rings (SSSR count). The van der Waals surface area contributed by atoms with Crippen molar-refractivity contribution < 1.29 is 4.79 Å². The Morgan fingerprint density at radius 3 is 3.13 bits per heavy atom. The number of piperidine rings is 1. The van der Waals surface area contributed by atoms with Crippen molar-refractivity contribution >= 4 is 6.03 Å². The van der Waals surface area contributed by atoms with Crippen LogP contribution >= 0.6 is 0 Å². The number of rotatable bonds is 1. The molecule has 1 aromatic rings. The van der Waals surface area contributed by atoms with Gasteiger partial charge in [-0.1, -0.05) is 6.92 Å². The second kappa shape index (κ2) is 4.44. The van der Waals surface area contributed by atoms with Gasteiger partial charge in [0, 0.05) is 25.0 Å². The SMILES string of the molecule is CC1CNCC(NC(=O)n2ccnc2)C1. The Bertz CT molecular complexity index is 322. The zero-order valence-corrected chi connectivity index (χ0v) is 8.81. The lowest BCUT2D eigenvalue weighted by atomic mass is 9.98. The van der Waals surface area contributed by atoms with E-state index in [2.05, 4.69) is 22.5 Å². The lowest BCUT2D eigenvalue weighted by Crippen LogP contribution is -2.49. The third kappa shape index (κ3) is 2.56. The number of amides is 1. The minimum absolute atomic E-state index is 0.103. The van der Waals surface area contributed by atoms with E-state index in [-0.39, 0.29) is 12.1 Å². The van der Waals surface area contributed by atoms with Gasteiger partial charge in [-0.2, -0.15) is 0 Å². The molecule has 1 aliphatic rings. The fourth-order valence-corrected chi connectivity index (χ4v) is 1.89. The van der Waals surface area contributed by atoms with Crippen molar-refractivity contribution in [3.05, 3.63) is 18.7 Å². The van der Waals surface area contributed by atoms with Crippen LogP contribution in [0.15, 0.2) is 18.7 Å². The summed E-state index contributed by atoms with van der Waals surface area (Å²) in [6, 6.07) is 0.122. The molecule has 0 aromatic carbocycles. The molecule has 0 radical (unpaired) electrons. The van der Waals surface area contributed by atoms with Gasteiger partial charge < -0.3 is 10.6 Å². The second-order valence-corrected chi connectivity index (χ2v) is 4.12. The Hall–Kier alpha value is -1.36. The Kier molecular flexibility index (Phi) is 3.01. The van der Waals surface area contributed by atoms with Crippen LogP contribution in [-0.4, -0.2) is 34.7 Å². The standard InChI is InChI=1S/C10H16N4O/c1-8-4-9(6-12-5-8)13-10(15)14-3-2-11-7-14/h2-3,7-9,12H,4-6H2,1H3,(H,13,15). The maximum Gasteiger partial charge on any atom is 0.327 e. The summed E-state index contributed by atoms with van der Waals surface area (Å²) >= 11 is 0. The molecule has 0 aliphatic carbocycles. The molecule has 1 fully saturated rings. The van der Waals surface area contributed by atoms with Crippen LogP contribution < -0.4 is 10.6 Å². The Balaban J connectivity index is 1.89. The number of hydrogen-bond donors (Lipinski definition) is 2. The maximum atomic E-state index is 11.7. The van der Waals surface area contributed by atoms with E-state index in [4.69, 9.17) is 0 Å². The lowest BCUT2D eigenvalue weighted by Gasteiger charge is -2.28. The van der Waals surface area contributed by atoms with Gasteiger partial charge in [0.05, 0.1) is 0 Å².